The molecule has 0 bridgehead atoms. The Morgan fingerprint density at radius 3 is 2.64 bits per heavy atom. The number of hydrogen-bond acceptors (Lipinski definition) is 4. The summed E-state index contributed by atoms with van der Waals surface area (Å²) in [5, 5.41) is 0. The molecule has 1 aromatic heterocycles. The van der Waals surface area contributed by atoms with Crippen molar-refractivity contribution in [2.24, 2.45) is 0 Å². The van der Waals surface area contributed by atoms with Gasteiger partial charge in [-0.1, -0.05) is 0 Å². The number of hydrogen-bond donors (Lipinski definition) is 1. The summed E-state index contributed by atoms with van der Waals surface area (Å²) in [6, 6.07) is 6.86. The summed E-state index contributed by atoms with van der Waals surface area (Å²) in [7, 11) is 0. The van der Waals surface area contributed by atoms with E-state index in [1.165, 1.54) is 17.8 Å². The molecule has 112 valence electrons. The number of rotatable bonds is 1. The second-order valence-electron chi connectivity index (χ2n) is 5.39. The van der Waals surface area contributed by atoms with Gasteiger partial charge in [0.25, 0.3) is 5.91 Å². The average molecular weight is 298 g/mol. The smallest absolute Gasteiger partial charge is 0.255 e. The standard InChI is InChI=1S/C16H14N2O4/c19-15-2-1-11(7-17-15)16(20)18-4-3-10-5-13-14(22-9-21-13)6-12(10)8-18/h1-2,5-7H,3-4,8-9H2,(H,17,19). The summed E-state index contributed by atoms with van der Waals surface area (Å²) in [4.78, 5) is 27.9. The number of fused-ring (bicyclic) bond motifs is 2. The van der Waals surface area contributed by atoms with Crippen LogP contribution in [0.15, 0.2) is 35.3 Å². The van der Waals surface area contributed by atoms with E-state index in [9.17, 15) is 9.59 Å². The number of H-pyrrole nitrogens is 1. The molecule has 6 nitrogen and oxygen atoms in total. The number of aromatic nitrogens is 1. The van der Waals surface area contributed by atoms with Crippen molar-refractivity contribution in [1.29, 1.82) is 0 Å². The zero-order valence-corrected chi connectivity index (χ0v) is 11.8. The molecule has 0 aliphatic carbocycles. The maximum Gasteiger partial charge on any atom is 0.255 e. The van der Waals surface area contributed by atoms with Crippen molar-refractivity contribution >= 4 is 5.91 Å². The Kier molecular flexibility index (Phi) is 2.89. The molecule has 0 unspecified atom stereocenters. The molecule has 3 heterocycles. The molecule has 1 N–H and O–H groups in total. The predicted octanol–water partition coefficient (Wildman–Crippen LogP) is 1.30. The third-order valence-electron chi connectivity index (χ3n) is 4.03. The Morgan fingerprint density at radius 1 is 1.14 bits per heavy atom. The third kappa shape index (κ3) is 2.13. The first-order chi connectivity index (χ1) is 10.7. The van der Waals surface area contributed by atoms with Gasteiger partial charge in [0.15, 0.2) is 11.5 Å². The van der Waals surface area contributed by atoms with Crippen molar-refractivity contribution in [2.45, 2.75) is 13.0 Å². The normalized spacial score (nSPS) is 15.5. The first kappa shape index (κ1) is 12.9. The second-order valence-corrected chi connectivity index (χ2v) is 5.39. The highest BCUT2D eigenvalue weighted by molar-refractivity contribution is 5.94. The van der Waals surface area contributed by atoms with Crippen LogP contribution < -0.4 is 15.0 Å². The molecule has 0 atom stereocenters. The van der Waals surface area contributed by atoms with E-state index in [2.05, 4.69) is 4.98 Å². The molecule has 0 fully saturated rings. The lowest BCUT2D eigenvalue weighted by Crippen LogP contribution is -2.36. The van der Waals surface area contributed by atoms with Gasteiger partial charge in [-0.05, 0) is 35.7 Å². The number of ether oxygens (including phenoxy) is 2. The Balaban J connectivity index is 1.60. The molecule has 2 aromatic rings. The first-order valence-corrected chi connectivity index (χ1v) is 7.10. The van der Waals surface area contributed by atoms with E-state index in [1.54, 1.807) is 11.0 Å². The summed E-state index contributed by atoms with van der Waals surface area (Å²) in [5.41, 5.74) is 2.54. The summed E-state index contributed by atoms with van der Waals surface area (Å²) in [5.74, 6) is 1.43. The number of pyridine rings is 1. The van der Waals surface area contributed by atoms with Gasteiger partial charge in [-0.15, -0.1) is 0 Å². The van der Waals surface area contributed by atoms with Gasteiger partial charge in [0.05, 0.1) is 5.56 Å². The predicted molar refractivity (Wildman–Crippen MR) is 78.1 cm³/mol. The molecular weight excluding hydrogens is 284 g/mol. The van der Waals surface area contributed by atoms with Crippen LogP contribution in [0.4, 0.5) is 0 Å². The van der Waals surface area contributed by atoms with E-state index < -0.39 is 0 Å². The number of aromatic amines is 1. The van der Waals surface area contributed by atoms with Gasteiger partial charge >= 0.3 is 0 Å². The number of amides is 1. The Bertz CT molecular complexity index is 792. The summed E-state index contributed by atoms with van der Waals surface area (Å²) < 4.78 is 10.8. The minimum absolute atomic E-state index is 0.0837. The quantitative estimate of drug-likeness (QED) is 0.861. The second kappa shape index (κ2) is 4.91. The number of benzene rings is 1. The maximum absolute atomic E-state index is 12.5. The summed E-state index contributed by atoms with van der Waals surface area (Å²) >= 11 is 0. The topological polar surface area (TPSA) is 71.6 Å². The number of carbonyl (C=O) groups is 1. The molecule has 22 heavy (non-hydrogen) atoms. The van der Waals surface area contributed by atoms with E-state index in [0.717, 1.165) is 23.5 Å². The molecule has 0 saturated carbocycles. The van der Waals surface area contributed by atoms with Gasteiger partial charge in [-0.3, -0.25) is 9.59 Å². The summed E-state index contributed by atoms with van der Waals surface area (Å²) in [6.45, 7) is 1.42. The largest absolute Gasteiger partial charge is 0.454 e. The molecule has 0 saturated heterocycles. The van der Waals surface area contributed by atoms with Crippen LogP contribution in [0.3, 0.4) is 0 Å². The van der Waals surface area contributed by atoms with E-state index in [4.69, 9.17) is 9.47 Å². The first-order valence-electron chi connectivity index (χ1n) is 7.10. The molecule has 2 aliphatic heterocycles. The van der Waals surface area contributed by atoms with E-state index in [0.29, 0.717) is 18.7 Å². The fourth-order valence-electron chi connectivity index (χ4n) is 2.85. The van der Waals surface area contributed by atoms with Crippen LogP contribution >= 0.6 is 0 Å². The zero-order chi connectivity index (χ0) is 15.1. The van der Waals surface area contributed by atoms with Crippen LogP contribution in [-0.2, 0) is 13.0 Å². The lowest BCUT2D eigenvalue weighted by atomic mass is 9.98. The molecule has 0 radical (unpaired) electrons. The number of nitrogens with zero attached hydrogens (tertiary/aromatic N) is 1. The van der Waals surface area contributed by atoms with Crippen LogP contribution in [0.5, 0.6) is 11.5 Å². The number of nitrogens with one attached hydrogen (secondary N) is 1. The molecule has 6 heteroatoms. The lowest BCUT2D eigenvalue weighted by Gasteiger charge is -2.29. The highest BCUT2D eigenvalue weighted by atomic mass is 16.7. The van der Waals surface area contributed by atoms with Gasteiger partial charge in [0.2, 0.25) is 12.4 Å². The van der Waals surface area contributed by atoms with Gasteiger partial charge < -0.3 is 19.4 Å². The van der Waals surface area contributed by atoms with E-state index >= 15 is 0 Å². The Labute approximate surface area is 126 Å². The van der Waals surface area contributed by atoms with Crippen LogP contribution in [-0.4, -0.2) is 29.1 Å². The van der Waals surface area contributed by atoms with Crippen LogP contribution in [0, 0.1) is 0 Å². The fourth-order valence-corrected chi connectivity index (χ4v) is 2.85. The van der Waals surface area contributed by atoms with Gasteiger partial charge in [-0.25, -0.2) is 0 Å². The van der Waals surface area contributed by atoms with Crippen molar-refractivity contribution in [3.05, 3.63) is 57.5 Å². The minimum Gasteiger partial charge on any atom is -0.454 e. The van der Waals surface area contributed by atoms with Crippen LogP contribution in [0.25, 0.3) is 0 Å². The van der Waals surface area contributed by atoms with Crippen molar-refractivity contribution in [2.75, 3.05) is 13.3 Å². The maximum atomic E-state index is 12.5. The Morgan fingerprint density at radius 2 is 1.91 bits per heavy atom. The SMILES string of the molecule is O=C(c1ccc(=O)[nH]c1)N1CCc2cc3c(cc2C1)OCO3. The van der Waals surface area contributed by atoms with Crippen molar-refractivity contribution in [1.82, 2.24) is 9.88 Å². The molecule has 0 spiro atoms. The van der Waals surface area contributed by atoms with E-state index in [1.807, 2.05) is 12.1 Å². The average Bonchev–Trinajstić information content (AvgIpc) is 2.99. The molecule has 4 rings (SSSR count). The molecular formula is C16H14N2O4. The highest BCUT2D eigenvalue weighted by Crippen LogP contribution is 2.36. The fraction of sp³-hybridized carbons (Fsp3) is 0.250. The number of carbonyl (C=O) groups excluding carboxylic acids is 1. The van der Waals surface area contributed by atoms with Gasteiger partial charge in [-0.2, -0.15) is 0 Å². The summed E-state index contributed by atoms with van der Waals surface area (Å²) in [6.07, 6.45) is 2.24. The molecule has 1 amide bonds. The monoisotopic (exact) mass is 298 g/mol. The molecule has 1 aromatic carbocycles. The van der Waals surface area contributed by atoms with Gasteiger partial charge in [0.1, 0.15) is 0 Å². The highest BCUT2D eigenvalue weighted by Gasteiger charge is 2.25. The van der Waals surface area contributed by atoms with Crippen molar-refractivity contribution in [3.63, 3.8) is 0 Å². The lowest BCUT2D eigenvalue weighted by molar-refractivity contribution is 0.0734. The van der Waals surface area contributed by atoms with Crippen LogP contribution in [0.2, 0.25) is 0 Å². The Hall–Kier alpha value is -2.76. The van der Waals surface area contributed by atoms with Crippen molar-refractivity contribution < 1.29 is 14.3 Å². The minimum atomic E-state index is -0.215. The van der Waals surface area contributed by atoms with Crippen molar-refractivity contribution in [3.8, 4) is 11.5 Å². The zero-order valence-electron chi connectivity index (χ0n) is 11.8. The van der Waals surface area contributed by atoms with Crippen LogP contribution in [0.1, 0.15) is 21.5 Å². The third-order valence-corrected chi connectivity index (χ3v) is 4.03. The van der Waals surface area contributed by atoms with E-state index in [-0.39, 0.29) is 18.3 Å². The van der Waals surface area contributed by atoms with Gasteiger partial charge in [0, 0.05) is 25.4 Å². The molecule has 2 aliphatic rings.